The molecule has 1 aromatic heterocycles. The van der Waals surface area contributed by atoms with Crippen molar-refractivity contribution in [3.05, 3.63) is 35.5 Å². The Hall–Kier alpha value is -1.90. The van der Waals surface area contributed by atoms with E-state index in [2.05, 4.69) is 4.90 Å². The maximum Gasteiger partial charge on any atom is 0.366 e. The summed E-state index contributed by atoms with van der Waals surface area (Å²) in [5.74, 6) is -0.429. The van der Waals surface area contributed by atoms with E-state index in [1.807, 2.05) is 33.2 Å². The number of nitrogens with zero attached hydrogens (tertiary/aromatic N) is 2. The molecule has 0 amide bonds. The molecule has 1 aliphatic rings. The summed E-state index contributed by atoms with van der Waals surface area (Å²) in [5.41, 5.74) is 1.52. The SMILES string of the molecule is Cc1ccc2c(c1)c(CCN(C)C)cn2S(=O)(=O)OCC(C)(C)C(=O)OC1CCC1. The summed E-state index contributed by atoms with van der Waals surface area (Å²) in [7, 11) is -0.147. The van der Waals surface area contributed by atoms with Crippen molar-refractivity contribution < 1.29 is 22.1 Å². The van der Waals surface area contributed by atoms with E-state index in [0.29, 0.717) is 11.9 Å². The lowest BCUT2D eigenvalue weighted by Crippen LogP contribution is -2.37. The molecule has 3 rings (SSSR count). The number of rotatable bonds is 9. The van der Waals surface area contributed by atoms with Crippen LogP contribution in [0.15, 0.2) is 24.4 Å². The first-order valence-corrected chi connectivity index (χ1v) is 11.7. The molecule has 1 saturated carbocycles. The molecule has 166 valence electrons. The number of hydrogen-bond acceptors (Lipinski definition) is 6. The molecule has 0 unspecified atom stereocenters. The van der Waals surface area contributed by atoms with Crippen molar-refractivity contribution in [1.82, 2.24) is 8.87 Å². The average Bonchev–Trinajstić information content (AvgIpc) is 3.00. The van der Waals surface area contributed by atoms with Crippen molar-refractivity contribution in [3.63, 3.8) is 0 Å². The molecule has 0 aliphatic heterocycles. The van der Waals surface area contributed by atoms with E-state index in [9.17, 15) is 13.2 Å². The van der Waals surface area contributed by atoms with Gasteiger partial charge in [-0.25, -0.2) is 3.97 Å². The van der Waals surface area contributed by atoms with E-state index < -0.39 is 21.7 Å². The Morgan fingerprint density at radius 1 is 1.27 bits per heavy atom. The molecule has 8 heteroatoms. The molecular formula is C22H32N2O5S. The summed E-state index contributed by atoms with van der Waals surface area (Å²) in [4.78, 5) is 14.5. The van der Waals surface area contributed by atoms with Crippen LogP contribution in [0.3, 0.4) is 0 Å². The zero-order valence-electron chi connectivity index (χ0n) is 18.5. The van der Waals surface area contributed by atoms with E-state index in [4.69, 9.17) is 8.92 Å². The smallest absolute Gasteiger partial charge is 0.366 e. The van der Waals surface area contributed by atoms with E-state index in [1.54, 1.807) is 26.1 Å². The molecule has 7 nitrogen and oxygen atoms in total. The van der Waals surface area contributed by atoms with Gasteiger partial charge in [0, 0.05) is 18.1 Å². The van der Waals surface area contributed by atoms with E-state index in [1.165, 1.54) is 3.97 Å². The molecular weight excluding hydrogens is 404 g/mol. The lowest BCUT2D eigenvalue weighted by atomic mass is 9.93. The summed E-state index contributed by atoms with van der Waals surface area (Å²) in [6, 6.07) is 5.66. The summed E-state index contributed by atoms with van der Waals surface area (Å²) in [6.45, 7) is 5.79. The van der Waals surface area contributed by atoms with Gasteiger partial charge in [0.1, 0.15) is 6.10 Å². The van der Waals surface area contributed by atoms with Gasteiger partial charge in [-0.3, -0.25) is 8.98 Å². The third kappa shape index (κ3) is 5.04. The Kier molecular flexibility index (Phi) is 6.60. The molecule has 1 fully saturated rings. The Bertz CT molecular complexity index is 1020. The minimum absolute atomic E-state index is 0.0516. The summed E-state index contributed by atoms with van der Waals surface area (Å²) in [6.07, 6.45) is 5.08. The Balaban J connectivity index is 1.81. The highest BCUT2D eigenvalue weighted by molar-refractivity contribution is 7.85. The fourth-order valence-corrected chi connectivity index (χ4v) is 4.46. The van der Waals surface area contributed by atoms with Gasteiger partial charge in [-0.15, -0.1) is 0 Å². The highest BCUT2D eigenvalue weighted by Crippen LogP contribution is 2.29. The van der Waals surface area contributed by atoms with Crippen molar-refractivity contribution >= 4 is 27.2 Å². The normalized spacial score (nSPS) is 15.5. The lowest BCUT2D eigenvalue weighted by Gasteiger charge is -2.30. The maximum absolute atomic E-state index is 13.0. The van der Waals surface area contributed by atoms with Crippen LogP contribution in [0.5, 0.6) is 0 Å². The van der Waals surface area contributed by atoms with Crippen LogP contribution in [0.1, 0.15) is 44.2 Å². The van der Waals surface area contributed by atoms with Gasteiger partial charge in [-0.1, -0.05) is 11.6 Å². The molecule has 0 atom stereocenters. The predicted molar refractivity (Wildman–Crippen MR) is 117 cm³/mol. The van der Waals surface area contributed by atoms with Crippen molar-refractivity contribution in [2.24, 2.45) is 5.41 Å². The van der Waals surface area contributed by atoms with Gasteiger partial charge in [0.15, 0.2) is 0 Å². The molecule has 1 aromatic carbocycles. The molecule has 0 spiro atoms. The second kappa shape index (κ2) is 8.69. The number of carbonyl (C=O) groups is 1. The predicted octanol–water partition coefficient (Wildman–Crippen LogP) is 3.29. The largest absolute Gasteiger partial charge is 0.462 e. The molecule has 0 bridgehead atoms. The highest BCUT2D eigenvalue weighted by atomic mass is 32.2. The molecule has 0 saturated heterocycles. The Morgan fingerprint density at radius 2 is 1.97 bits per heavy atom. The van der Waals surface area contributed by atoms with Gasteiger partial charge in [-0.2, -0.15) is 8.42 Å². The molecule has 0 radical (unpaired) electrons. The van der Waals surface area contributed by atoms with Gasteiger partial charge in [0.2, 0.25) is 0 Å². The first-order chi connectivity index (χ1) is 14.0. The number of aromatic nitrogens is 1. The van der Waals surface area contributed by atoms with Gasteiger partial charge in [0.25, 0.3) is 0 Å². The fraction of sp³-hybridized carbons (Fsp3) is 0.591. The van der Waals surface area contributed by atoms with Crippen LogP contribution in [0, 0.1) is 12.3 Å². The standard InChI is InChI=1S/C22H32N2O5S/c1-16-9-10-20-19(13-16)17(11-12-23(4)5)14-24(20)30(26,27)28-15-22(2,3)21(25)29-18-7-6-8-18/h9-10,13-14,18H,6-8,11-12,15H2,1-5H3. The van der Waals surface area contributed by atoms with E-state index in [0.717, 1.165) is 42.3 Å². The number of aryl methyl sites for hydroxylation is 1. The fourth-order valence-electron chi connectivity index (χ4n) is 3.25. The van der Waals surface area contributed by atoms with E-state index in [-0.39, 0.29) is 12.7 Å². The van der Waals surface area contributed by atoms with Gasteiger partial charge < -0.3 is 9.64 Å². The van der Waals surface area contributed by atoms with Crippen LogP contribution in [0.4, 0.5) is 0 Å². The molecule has 1 heterocycles. The quantitative estimate of drug-likeness (QED) is 0.562. The summed E-state index contributed by atoms with van der Waals surface area (Å²) < 4.78 is 38.0. The number of fused-ring (bicyclic) bond motifs is 1. The Labute approximate surface area is 179 Å². The van der Waals surface area contributed by atoms with Crippen LogP contribution in [-0.4, -0.2) is 56.6 Å². The zero-order chi connectivity index (χ0) is 22.1. The molecule has 2 aromatic rings. The maximum atomic E-state index is 13.0. The van der Waals surface area contributed by atoms with Crippen LogP contribution < -0.4 is 0 Å². The monoisotopic (exact) mass is 436 g/mol. The number of carbonyl (C=O) groups excluding carboxylic acids is 1. The summed E-state index contributed by atoms with van der Waals surface area (Å²) >= 11 is 0. The number of benzene rings is 1. The van der Waals surface area contributed by atoms with Crippen molar-refractivity contribution in [1.29, 1.82) is 0 Å². The Morgan fingerprint density at radius 3 is 2.57 bits per heavy atom. The van der Waals surface area contributed by atoms with Crippen LogP contribution >= 0.6 is 0 Å². The summed E-state index contributed by atoms with van der Waals surface area (Å²) in [5, 5.41) is 0.896. The van der Waals surface area contributed by atoms with Gasteiger partial charge in [0.05, 0.1) is 17.5 Å². The number of esters is 1. The highest BCUT2D eigenvalue weighted by Gasteiger charge is 2.35. The van der Waals surface area contributed by atoms with Crippen molar-refractivity contribution in [2.45, 2.75) is 52.6 Å². The van der Waals surface area contributed by atoms with Gasteiger partial charge in [-0.05, 0) is 78.2 Å². The first-order valence-electron chi connectivity index (χ1n) is 10.4. The van der Waals surface area contributed by atoms with Crippen molar-refractivity contribution in [2.75, 3.05) is 27.2 Å². The van der Waals surface area contributed by atoms with E-state index >= 15 is 0 Å². The average molecular weight is 437 g/mol. The number of ether oxygens (including phenoxy) is 1. The van der Waals surface area contributed by atoms with Crippen LogP contribution in [0.25, 0.3) is 10.9 Å². The zero-order valence-corrected chi connectivity index (χ0v) is 19.3. The topological polar surface area (TPSA) is 77.8 Å². The lowest BCUT2D eigenvalue weighted by molar-refractivity contribution is -0.165. The van der Waals surface area contributed by atoms with Crippen LogP contribution in [-0.2, 0) is 30.4 Å². The minimum Gasteiger partial charge on any atom is -0.462 e. The molecule has 1 aliphatic carbocycles. The third-order valence-corrected chi connectivity index (χ3v) is 6.72. The van der Waals surface area contributed by atoms with Gasteiger partial charge >= 0.3 is 16.3 Å². The second-order valence-corrected chi connectivity index (χ2v) is 10.6. The third-order valence-electron chi connectivity index (χ3n) is 5.52. The number of likely N-dealkylation sites (N-methyl/N-ethyl adjacent to an activating group) is 1. The second-order valence-electron chi connectivity index (χ2n) is 9.09. The van der Waals surface area contributed by atoms with Crippen LogP contribution in [0.2, 0.25) is 0 Å². The first kappa shape index (κ1) is 22.8. The molecule has 30 heavy (non-hydrogen) atoms. The van der Waals surface area contributed by atoms with Crippen molar-refractivity contribution in [3.8, 4) is 0 Å². The molecule has 0 N–H and O–H groups in total. The number of hydrogen-bond donors (Lipinski definition) is 0. The minimum atomic E-state index is -4.11.